The highest BCUT2D eigenvalue weighted by Gasteiger charge is 2.22. The van der Waals surface area contributed by atoms with Gasteiger partial charge in [0.2, 0.25) is 29.0 Å². The number of aromatic nitrogens is 3. The van der Waals surface area contributed by atoms with Gasteiger partial charge in [-0.25, -0.2) is 0 Å². The quantitative estimate of drug-likeness (QED) is 0.845. The van der Waals surface area contributed by atoms with Crippen LogP contribution in [-0.4, -0.2) is 39.4 Å². The number of rotatable bonds is 4. The molecule has 0 radical (unpaired) electrons. The highest BCUT2D eigenvalue weighted by Crippen LogP contribution is 2.18. The average molecular weight is 300 g/mol. The topological polar surface area (TPSA) is 79.3 Å². The molecule has 110 valence electrons. The average Bonchev–Trinajstić information content (AvgIpc) is 2.27. The van der Waals surface area contributed by atoms with Gasteiger partial charge in [-0.1, -0.05) is 0 Å². The molecule has 0 aliphatic heterocycles. The second-order valence-electron chi connectivity index (χ2n) is 4.45. The lowest BCUT2D eigenvalue weighted by Crippen LogP contribution is -2.37. The van der Waals surface area contributed by atoms with E-state index in [1.807, 2.05) is 13.8 Å². The summed E-state index contributed by atoms with van der Waals surface area (Å²) in [4.78, 5) is 38.0. The minimum Gasteiger partial charge on any atom is -0.281 e. The van der Waals surface area contributed by atoms with E-state index in [-0.39, 0.29) is 35.0 Å². The number of carbonyl (C=O) groups excluding carboxylic acids is 2. The van der Waals surface area contributed by atoms with E-state index >= 15 is 0 Å². The Morgan fingerprint density at radius 2 is 1.65 bits per heavy atom. The lowest BCUT2D eigenvalue weighted by atomic mass is 10.3. The molecule has 0 unspecified atom stereocenters. The monoisotopic (exact) mass is 299 g/mol. The molecule has 1 aromatic rings. The molecule has 0 bridgehead atoms. The van der Waals surface area contributed by atoms with Gasteiger partial charge in [-0.15, -0.1) is 0 Å². The molecule has 7 nitrogen and oxygen atoms in total. The van der Waals surface area contributed by atoms with E-state index < -0.39 is 0 Å². The summed E-state index contributed by atoms with van der Waals surface area (Å²) in [5.41, 5.74) is 0. The van der Waals surface area contributed by atoms with E-state index in [4.69, 9.17) is 11.6 Å². The molecular formula is C12H18ClN5O2. The predicted molar refractivity (Wildman–Crippen MR) is 76.8 cm³/mol. The van der Waals surface area contributed by atoms with Crippen LogP contribution in [0.15, 0.2) is 0 Å². The van der Waals surface area contributed by atoms with Gasteiger partial charge in [0.15, 0.2) is 0 Å². The number of hydrogen-bond donors (Lipinski definition) is 0. The normalized spacial score (nSPS) is 10.6. The van der Waals surface area contributed by atoms with E-state index in [1.165, 1.54) is 23.6 Å². The largest absolute Gasteiger partial charge is 0.281 e. The SMILES string of the molecule is CCN(C(C)=O)c1nc(Cl)nc(N(C(C)=O)C(C)C)n1. The Bertz CT molecular complexity index is 521. The lowest BCUT2D eigenvalue weighted by Gasteiger charge is -2.24. The van der Waals surface area contributed by atoms with Crippen molar-refractivity contribution in [2.24, 2.45) is 0 Å². The Morgan fingerprint density at radius 3 is 2.05 bits per heavy atom. The molecule has 20 heavy (non-hydrogen) atoms. The summed E-state index contributed by atoms with van der Waals surface area (Å²) < 4.78 is 0. The molecule has 0 saturated heterocycles. The van der Waals surface area contributed by atoms with Crippen LogP contribution in [0.5, 0.6) is 0 Å². The van der Waals surface area contributed by atoms with Crippen LogP contribution in [0.1, 0.15) is 34.6 Å². The third-order valence-corrected chi connectivity index (χ3v) is 2.76. The van der Waals surface area contributed by atoms with Gasteiger partial charge in [0.1, 0.15) is 0 Å². The predicted octanol–water partition coefficient (Wildman–Crippen LogP) is 1.66. The Morgan fingerprint density at radius 1 is 1.10 bits per heavy atom. The fourth-order valence-corrected chi connectivity index (χ4v) is 1.95. The van der Waals surface area contributed by atoms with Crippen molar-refractivity contribution in [2.75, 3.05) is 16.3 Å². The fourth-order valence-electron chi connectivity index (χ4n) is 1.80. The maximum atomic E-state index is 11.7. The highest BCUT2D eigenvalue weighted by atomic mass is 35.5. The van der Waals surface area contributed by atoms with Crippen LogP contribution in [0.3, 0.4) is 0 Å². The second-order valence-corrected chi connectivity index (χ2v) is 4.79. The highest BCUT2D eigenvalue weighted by molar-refractivity contribution is 6.28. The lowest BCUT2D eigenvalue weighted by molar-refractivity contribution is -0.117. The number of anilines is 2. The first kappa shape index (κ1) is 16.3. The fraction of sp³-hybridized carbons (Fsp3) is 0.583. The third-order valence-electron chi connectivity index (χ3n) is 2.59. The van der Waals surface area contributed by atoms with Crippen LogP contribution in [0.25, 0.3) is 0 Å². The molecule has 8 heteroatoms. The molecule has 0 aliphatic rings. The van der Waals surface area contributed by atoms with Crippen LogP contribution < -0.4 is 9.80 Å². The molecule has 0 aliphatic carbocycles. The van der Waals surface area contributed by atoms with E-state index in [1.54, 1.807) is 6.92 Å². The van der Waals surface area contributed by atoms with Gasteiger partial charge >= 0.3 is 0 Å². The van der Waals surface area contributed by atoms with E-state index in [0.717, 1.165) is 0 Å². The van der Waals surface area contributed by atoms with E-state index in [2.05, 4.69) is 15.0 Å². The first-order valence-electron chi connectivity index (χ1n) is 6.27. The van der Waals surface area contributed by atoms with E-state index in [9.17, 15) is 9.59 Å². The zero-order valence-corrected chi connectivity index (χ0v) is 13.0. The molecule has 0 spiro atoms. The first-order valence-corrected chi connectivity index (χ1v) is 6.65. The minimum absolute atomic E-state index is 0.0587. The van der Waals surface area contributed by atoms with Crippen molar-refractivity contribution in [1.29, 1.82) is 0 Å². The minimum atomic E-state index is -0.209. The van der Waals surface area contributed by atoms with Crippen LogP contribution in [0.4, 0.5) is 11.9 Å². The van der Waals surface area contributed by atoms with Crippen molar-refractivity contribution in [3.05, 3.63) is 5.28 Å². The summed E-state index contributed by atoms with van der Waals surface area (Å²) in [6.45, 7) is 8.69. The van der Waals surface area contributed by atoms with Gasteiger partial charge in [-0.05, 0) is 32.4 Å². The summed E-state index contributed by atoms with van der Waals surface area (Å²) >= 11 is 5.87. The van der Waals surface area contributed by atoms with Gasteiger partial charge < -0.3 is 0 Å². The van der Waals surface area contributed by atoms with Crippen molar-refractivity contribution in [1.82, 2.24) is 15.0 Å². The van der Waals surface area contributed by atoms with Crippen molar-refractivity contribution < 1.29 is 9.59 Å². The maximum absolute atomic E-state index is 11.7. The molecule has 1 heterocycles. The zero-order valence-electron chi connectivity index (χ0n) is 12.2. The maximum Gasteiger partial charge on any atom is 0.238 e. The smallest absolute Gasteiger partial charge is 0.238 e. The molecule has 0 aromatic carbocycles. The standard InChI is InChI=1S/C12H18ClN5O2/c1-6-17(8(4)19)11-14-10(13)15-12(16-11)18(7(2)3)9(5)20/h7H,6H2,1-5H3. The zero-order chi connectivity index (χ0) is 15.4. The molecular weight excluding hydrogens is 282 g/mol. The summed E-state index contributed by atoms with van der Waals surface area (Å²) in [7, 11) is 0. The van der Waals surface area contributed by atoms with Crippen LogP contribution in [-0.2, 0) is 9.59 Å². The Hall–Kier alpha value is -1.76. The molecule has 0 atom stereocenters. The molecule has 0 saturated carbocycles. The number of carbonyl (C=O) groups is 2. The molecule has 0 fully saturated rings. The van der Waals surface area contributed by atoms with Crippen LogP contribution >= 0.6 is 11.6 Å². The van der Waals surface area contributed by atoms with Crippen molar-refractivity contribution in [2.45, 2.75) is 40.7 Å². The van der Waals surface area contributed by atoms with Gasteiger partial charge in [0.25, 0.3) is 0 Å². The van der Waals surface area contributed by atoms with Gasteiger partial charge in [-0.2, -0.15) is 15.0 Å². The molecule has 0 N–H and O–H groups in total. The van der Waals surface area contributed by atoms with Gasteiger partial charge in [0, 0.05) is 26.4 Å². The van der Waals surface area contributed by atoms with Crippen LogP contribution in [0, 0.1) is 0 Å². The Kier molecular flexibility index (Phi) is 5.38. The van der Waals surface area contributed by atoms with Gasteiger partial charge in [0.05, 0.1) is 0 Å². The third kappa shape index (κ3) is 3.63. The summed E-state index contributed by atoms with van der Waals surface area (Å²) in [5.74, 6) is -0.136. The first-order chi connectivity index (χ1) is 9.27. The number of halogens is 1. The molecule has 1 aromatic heterocycles. The molecule has 2 amide bonds. The van der Waals surface area contributed by atoms with Crippen molar-refractivity contribution in [3.63, 3.8) is 0 Å². The number of hydrogen-bond acceptors (Lipinski definition) is 5. The van der Waals surface area contributed by atoms with Crippen molar-refractivity contribution in [3.8, 4) is 0 Å². The number of nitrogens with zero attached hydrogens (tertiary/aromatic N) is 5. The van der Waals surface area contributed by atoms with Crippen molar-refractivity contribution >= 4 is 35.3 Å². The van der Waals surface area contributed by atoms with E-state index in [0.29, 0.717) is 6.54 Å². The molecule has 1 rings (SSSR count). The summed E-state index contributed by atoms with van der Waals surface area (Å²) in [6, 6.07) is -0.133. The Balaban J connectivity index is 3.33. The summed E-state index contributed by atoms with van der Waals surface area (Å²) in [5, 5.41) is -0.0587. The summed E-state index contributed by atoms with van der Waals surface area (Å²) in [6.07, 6.45) is 0. The second kappa shape index (κ2) is 6.60. The Labute approximate surface area is 123 Å². The number of amides is 2. The van der Waals surface area contributed by atoms with Crippen LogP contribution in [0.2, 0.25) is 5.28 Å². The van der Waals surface area contributed by atoms with Gasteiger partial charge in [-0.3, -0.25) is 19.4 Å².